The molecule has 9 aromatic carbocycles. The second kappa shape index (κ2) is 13.8. The third-order valence-corrected chi connectivity index (χ3v) is 15.1. The van der Waals surface area contributed by atoms with E-state index in [0.717, 1.165) is 11.4 Å². The SMILES string of the molecule is CC1(C)c2ccc(-c3cccc(N(c4ccc(-c5cccc6c5sc5ccccc56)cc4)c4cccc5c4-c4ccccc4C5(C)C)c3)cc2-c2ccc(-c3ccccc3)cc21. The molecule has 2 aliphatic carbocycles. The molecule has 0 N–H and O–H groups in total. The molecule has 296 valence electrons. The van der Waals surface area contributed by atoms with Gasteiger partial charge in [0, 0.05) is 47.9 Å². The molecule has 62 heavy (non-hydrogen) atoms. The van der Waals surface area contributed by atoms with Crippen LogP contribution in [-0.2, 0) is 10.8 Å². The van der Waals surface area contributed by atoms with Gasteiger partial charge in [-0.1, -0.05) is 179 Å². The average Bonchev–Trinajstić information content (AvgIpc) is 3.89. The Bertz CT molecular complexity index is 3400. The van der Waals surface area contributed by atoms with Crippen LogP contribution in [0, 0.1) is 0 Å². The molecule has 0 atom stereocenters. The van der Waals surface area contributed by atoms with Crippen molar-refractivity contribution in [3.05, 3.63) is 222 Å². The van der Waals surface area contributed by atoms with Crippen LogP contribution >= 0.6 is 11.3 Å². The maximum atomic E-state index is 2.49. The number of hydrogen-bond donors (Lipinski definition) is 0. The van der Waals surface area contributed by atoms with Crippen molar-refractivity contribution < 1.29 is 0 Å². The first-order valence-corrected chi connectivity index (χ1v) is 22.6. The van der Waals surface area contributed by atoms with Gasteiger partial charge in [-0.15, -0.1) is 11.3 Å². The van der Waals surface area contributed by atoms with Crippen LogP contribution in [0.3, 0.4) is 0 Å². The van der Waals surface area contributed by atoms with E-state index in [9.17, 15) is 0 Å². The predicted octanol–water partition coefficient (Wildman–Crippen LogP) is 17.1. The molecule has 0 fully saturated rings. The minimum Gasteiger partial charge on any atom is -0.310 e. The second-order valence-corrected chi connectivity index (χ2v) is 19.1. The molecule has 0 saturated heterocycles. The summed E-state index contributed by atoms with van der Waals surface area (Å²) in [5.41, 5.74) is 21.5. The fourth-order valence-electron chi connectivity index (χ4n) is 10.7. The van der Waals surface area contributed by atoms with E-state index in [1.807, 2.05) is 11.3 Å². The quantitative estimate of drug-likeness (QED) is 0.162. The van der Waals surface area contributed by atoms with E-state index in [1.165, 1.54) is 104 Å². The number of fused-ring (bicyclic) bond motifs is 9. The molecule has 10 aromatic rings. The molecule has 0 bridgehead atoms. The molecule has 0 unspecified atom stereocenters. The van der Waals surface area contributed by atoms with Gasteiger partial charge in [-0.2, -0.15) is 0 Å². The van der Waals surface area contributed by atoms with Gasteiger partial charge < -0.3 is 4.90 Å². The summed E-state index contributed by atoms with van der Waals surface area (Å²) in [5, 5.41) is 2.65. The van der Waals surface area contributed by atoms with Crippen LogP contribution in [0.2, 0.25) is 0 Å². The van der Waals surface area contributed by atoms with Crippen molar-refractivity contribution >= 4 is 48.6 Å². The number of thiophene rings is 1. The summed E-state index contributed by atoms with van der Waals surface area (Å²) < 4.78 is 2.66. The van der Waals surface area contributed by atoms with Crippen LogP contribution < -0.4 is 4.90 Å². The molecule has 0 amide bonds. The molecule has 0 saturated carbocycles. The Kier molecular flexibility index (Phi) is 8.17. The first-order valence-electron chi connectivity index (χ1n) is 21.8. The van der Waals surface area contributed by atoms with E-state index in [2.05, 4.69) is 233 Å². The summed E-state index contributed by atoms with van der Waals surface area (Å²) in [7, 11) is 0. The summed E-state index contributed by atoms with van der Waals surface area (Å²) in [5.74, 6) is 0. The van der Waals surface area contributed by atoms with Crippen LogP contribution in [0.4, 0.5) is 17.1 Å². The molecule has 1 nitrogen and oxygen atoms in total. The number of benzene rings is 9. The standard InChI is InChI=1S/C60H45NS/c1-59(2)51-23-10-8-20-49(51)57-53(59)24-14-25-55(57)61(43-31-27-39(28-32-43)45-21-13-22-48-47-19-9-11-26-56(47)62-58(45)48)44-18-12-17-40(35-44)41-30-34-52-50(36-41)46-33-29-42(37-54(46)60(52,3)4)38-15-6-5-7-16-38/h5-37H,1-4H3. The van der Waals surface area contributed by atoms with Gasteiger partial charge in [0.2, 0.25) is 0 Å². The van der Waals surface area contributed by atoms with Gasteiger partial charge >= 0.3 is 0 Å². The Morgan fingerprint density at radius 3 is 1.84 bits per heavy atom. The molecule has 0 spiro atoms. The number of anilines is 3. The van der Waals surface area contributed by atoms with Gasteiger partial charge in [0.1, 0.15) is 0 Å². The number of rotatable bonds is 6. The van der Waals surface area contributed by atoms with Gasteiger partial charge in [0.15, 0.2) is 0 Å². The van der Waals surface area contributed by atoms with Crippen molar-refractivity contribution in [1.29, 1.82) is 0 Å². The summed E-state index contributed by atoms with van der Waals surface area (Å²) in [6, 6.07) is 74.7. The third kappa shape index (κ3) is 5.53. The number of nitrogens with zero attached hydrogens (tertiary/aromatic N) is 1. The van der Waals surface area contributed by atoms with Crippen LogP contribution in [-0.4, -0.2) is 0 Å². The maximum Gasteiger partial charge on any atom is 0.0543 e. The summed E-state index contributed by atoms with van der Waals surface area (Å²) in [6.07, 6.45) is 0. The van der Waals surface area contributed by atoms with Gasteiger partial charge in [-0.25, -0.2) is 0 Å². The summed E-state index contributed by atoms with van der Waals surface area (Å²) >= 11 is 1.89. The highest BCUT2D eigenvalue weighted by atomic mass is 32.1. The lowest BCUT2D eigenvalue weighted by atomic mass is 9.81. The van der Waals surface area contributed by atoms with Crippen LogP contribution in [0.25, 0.3) is 75.8 Å². The van der Waals surface area contributed by atoms with Crippen molar-refractivity contribution in [2.45, 2.75) is 38.5 Å². The lowest BCUT2D eigenvalue weighted by Gasteiger charge is -2.29. The van der Waals surface area contributed by atoms with E-state index >= 15 is 0 Å². The zero-order valence-electron chi connectivity index (χ0n) is 35.4. The first kappa shape index (κ1) is 36.8. The fraction of sp³-hybridized carbons (Fsp3) is 0.100. The lowest BCUT2D eigenvalue weighted by molar-refractivity contribution is 0.660. The highest BCUT2D eigenvalue weighted by Gasteiger charge is 2.38. The van der Waals surface area contributed by atoms with Crippen molar-refractivity contribution in [2.75, 3.05) is 4.90 Å². The Balaban J connectivity index is 0.994. The number of hydrogen-bond acceptors (Lipinski definition) is 2. The smallest absolute Gasteiger partial charge is 0.0543 e. The van der Waals surface area contributed by atoms with Gasteiger partial charge in [-0.05, 0) is 121 Å². The van der Waals surface area contributed by atoms with Crippen molar-refractivity contribution in [3.8, 4) is 55.6 Å². The molecular formula is C60H45NS. The molecule has 0 radical (unpaired) electrons. The second-order valence-electron chi connectivity index (χ2n) is 18.1. The van der Waals surface area contributed by atoms with Crippen molar-refractivity contribution in [1.82, 2.24) is 0 Å². The van der Waals surface area contributed by atoms with Gasteiger partial charge in [-0.3, -0.25) is 0 Å². The predicted molar refractivity (Wildman–Crippen MR) is 265 cm³/mol. The zero-order valence-corrected chi connectivity index (χ0v) is 36.2. The van der Waals surface area contributed by atoms with E-state index in [0.29, 0.717) is 0 Å². The minimum atomic E-state index is -0.113. The first-order chi connectivity index (χ1) is 30.3. The summed E-state index contributed by atoms with van der Waals surface area (Å²) in [4.78, 5) is 2.49. The van der Waals surface area contributed by atoms with Gasteiger partial charge in [0.25, 0.3) is 0 Å². The topological polar surface area (TPSA) is 3.24 Å². The molecular weight excluding hydrogens is 767 g/mol. The Morgan fingerprint density at radius 1 is 0.355 bits per heavy atom. The third-order valence-electron chi connectivity index (χ3n) is 13.9. The largest absolute Gasteiger partial charge is 0.310 e. The molecule has 2 aliphatic rings. The monoisotopic (exact) mass is 811 g/mol. The lowest BCUT2D eigenvalue weighted by Crippen LogP contribution is -2.16. The Hall–Kier alpha value is -7.00. The van der Waals surface area contributed by atoms with Crippen LogP contribution in [0.5, 0.6) is 0 Å². The Labute approximate surface area is 368 Å². The van der Waals surface area contributed by atoms with Crippen LogP contribution in [0.15, 0.2) is 200 Å². The van der Waals surface area contributed by atoms with Crippen LogP contribution in [0.1, 0.15) is 49.9 Å². The van der Waals surface area contributed by atoms with E-state index < -0.39 is 0 Å². The highest BCUT2D eigenvalue weighted by molar-refractivity contribution is 7.26. The molecule has 2 heteroatoms. The fourth-order valence-corrected chi connectivity index (χ4v) is 11.9. The molecule has 1 aromatic heterocycles. The molecule has 0 aliphatic heterocycles. The average molecular weight is 812 g/mol. The van der Waals surface area contributed by atoms with Gasteiger partial charge in [0.05, 0.1) is 5.69 Å². The Morgan fingerprint density at radius 2 is 0.968 bits per heavy atom. The summed E-state index contributed by atoms with van der Waals surface area (Å²) in [6.45, 7) is 9.48. The van der Waals surface area contributed by atoms with Crippen molar-refractivity contribution in [3.63, 3.8) is 0 Å². The maximum absolute atomic E-state index is 2.49. The zero-order chi connectivity index (χ0) is 41.7. The van der Waals surface area contributed by atoms with Crippen molar-refractivity contribution in [2.24, 2.45) is 0 Å². The highest BCUT2D eigenvalue weighted by Crippen LogP contribution is 2.55. The van der Waals surface area contributed by atoms with E-state index in [4.69, 9.17) is 0 Å². The van der Waals surface area contributed by atoms with E-state index in [-0.39, 0.29) is 10.8 Å². The molecule has 12 rings (SSSR count). The van der Waals surface area contributed by atoms with E-state index in [1.54, 1.807) is 0 Å². The minimum absolute atomic E-state index is 0.0982. The normalized spacial score (nSPS) is 14.1. The molecule has 1 heterocycles.